The number of hydrogen-bond acceptors (Lipinski definition) is 5. The summed E-state index contributed by atoms with van der Waals surface area (Å²) in [6.07, 6.45) is 0. The van der Waals surface area contributed by atoms with Crippen molar-refractivity contribution in [2.45, 2.75) is 18.4 Å². The van der Waals surface area contributed by atoms with Crippen molar-refractivity contribution in [3.8, 4) is 0 Å². The second kappa shape index (κ2) is 9.18. The molecule has 2 aromatic rings. The van der Waals surface area contributed by atoms with E-state index in [1.807, 2.05) is 31.2 Å². The minimum atomic E-state index is -3.71. The molecule has 0 saturated heterocycles. The molecule has 9 heteroatoms. The molecule has 0 aliphatic carbocycles. The van der Waals surface area contributed by atoms with Crippen LogP contribution >= 0.6 is 12.4 Å². The fourth-order valence-corrected chi connectivity index (χ4v) is 4.15. The highest BCUT2D eigenvalue weighted by Gasteiger charge is 2.30. The fraction of sp³-hybridized carbons (Fsp3) is 0.263. The highest BCUT2D eigenvalue weighted by Crippen LogP contribution is 2.26. The Kier molecular flexibility index (Phi) is 7.17. The topological polar surface area (TPSA) is 90.9 Å². The predicted molar refractivity (Wildman–Crippen MR) is 112 cm³/mol. The molecule has 28 heavy (non-hydrogen) atoms. The molecule has 7 nitrogen and oxygen atoms in total. The van der Waals surface area contributed by atoms with Gasteiger partial charge in [0.2, 0.25) is 5.91 Å². The number of fused-ring (bicyclic) bond motifs is 1. The van der Waals surface area contributed by atoms with Gasteiger partial charge in [0.1, 0.15) is 4.90 Å². The smallest absolute Gasteiger partial charge is 0.285 e. The van der Waals surface area contributed by atoms with Gasteiger partial charge >= 0.3 is 0 Å². The Morgan fingerprint density at radius 2 is 1.79 bits per heavy atom. The molecular weight excluding hydrogens is 400 g/mol. The van der Waals surface area contributed by atoms with E-state index < -0.39 is 10.0 Å². The number of halogens is 1. The molecule has 0 aromatic heterocycles. The Morgan fingerprint density at radius 1 is 1.11 bits per heavy atom. The van der Waals surface area contributed by atoms with Crippen LogP contribution in [0.1, 0.15) is 18.1 Å². The maximum absolute atomic E-state index is 12.5. The van der Waals surface area contributed by atoms with Crippen molar-refractivity contribution in [3.05, 3.63) is 59.7 Å². The first-order valence-electron chi connectivity index (χ1n) is 8.66. The second-order valence-corrected chi connectivity index (χ2v) is 7.80. The number of nitrogens with zero attached hydrogens (tertiary/aromatic N) is 2. The number of likely N-dealkylation sites (N-methyl/N-ethyl adjacent to an activating group) is 1. The third kappa shape index (κ3) is 4.70. The van der Waals surface area contributed by atoms with E-state index in [2.05, 4.69) is 15.0 Å². The molecule has 0 spiro atoms. The second-order valence-electron chi connectivity index (χ2n) is 6.23. The third-order valence-electron chi connectivity index (χ3n) is 4.21. The van der Waals surface area contributed by atoms with Crippen molar-refractivity contribution in [2.24, 2.45) is 4.40 Å². The Labute approximate surface area is 171 Å². The van der Waals surface area contributed by atoms with Gasteiger partial charge in [-0.1, -0.05) is 37.3 Å². The van der Waals surface area contributed by atoms with Crippen LogP contribution in [0.25, 0.3) is 0 Å². The molecule has 0 bridgehead atoms. The molecular formula is C19H23ClN4O3S. The lowest BCUT2D eigenvalue weighted by molar-refractivity contribution is -0.116. The highest BCUT2D eigenvalue weighted by molar-refractivity contribution is 7.90. The van der Waals surface area contributed by atoms with E-state index in [-0.39, 0.29) is 35.6 Å². The van der Waals surface area contributed by atoms with Crippen molar-refractivity contribution < 1.29 is 13.2 Å². The molecule has 1 heterocycles. The van der Waals surface area contributed by atoms with Crippen LogP contribution in [0.4, 0.5) is 5.69 Å². The van der Waals surface area contributed by atoms with Crippen LogP contribution in [0.3, 0.4) is 0 Å². The average Bonchev–Trinajstić information content (AvgIpc) is 2.93. The van der Waals surface area contributed by atoms with E-state index >= 15 is 0 Å². The molecule has 3 rings (SSSR count). The number of carbonyl (C=O) groups is 1. The number of sulfonamides is 1. The summed E-state index contributed by atoms with van der Waals surface area (Å²) in [5.74, 6) is 0.0348. The summed E-state index contributed by atoms with van der Waals surface area (Å²) in [6.45, 7) is 3.49. The normalized spacial score (nSPS) is 13.9. The third-order valence-corrected chi connectivity index (χ3v) is 5.54. The van der Waals surface area contributed by atoms with Gasteiger partial charge in [0.15, 0.2) is 5.84 Å². The van der Waals surface area contributed by atoms with Crippen molar-refractivity contribution >= 4 is 39.9 Å². The van der Waals surface area contributed by atoms with E-state index in [1.165, 1.54) is 6.07 Å². The highest BCUT2D eigenvalue weighted by atomic mass is 35.5. The lowest BCUT2D eigenvalue weighted by Gasteiger charge is -2.19. The maximum Gasteiger partial charge on any atom is 0.285 e. The van der Waals surface area contributed by atoms with Gasteiger partial charge in [-0.25, -0.2) is 0 Å². The predicted octanol–water partition coefficient (Wildman–Crippen LogP) is 2.24. The largest absolute Gasteiger partial charge is 0.349 e. The minimum Gasteiger partial charge on any atom is -0.349 e. The number of anilines is 1. The first kappa shape index (κ1) is 21.9. The minimum absolute atomic E-state index is 0. The van der Waals surface area contributed by atoms with Gasteiger partial charge in [-0.2, -0.15) is 8.42 Å². The zero-order valence-corrected chi connectivity index (χ0v) is 17.3. The van der Waals surface area contributed by atoms with Crippen LogP contribution in [-0.2, 0) is 21.4 Å². The van der Waals surface area contributed by atoms with Crippen LogP contribution < -0.4 is 10.6 Å². The Morgan fingerprint density at radius 3 is 2.54 bits per heavy atom. The number of nitrogens with one attached hydrogen (secondary N) is 2. The Bertz CT molecular complexity index is 992. The van der Waals surface area contributed by atoms with E-state index in [4.69, 9.17) is 0 Å². The van der Waals surface area contributed by atoms with Gasteiger partial charge in [0.25, 0.3) is 10.0 Å². The zero-order valence-electron chi connectivity index (χ0n) is 15.7. The summed E-state index contributed by atoms with van der Waals surface area (Å²) in [5, 5.41) is 6.13. The van der Waals surface area contributed by atoms with E-state index in [0.29, 0.717) is 12.1 Å². The van der Waals surface area contributed by atoms with Crippen molar-refractivity contribution in [1.29, 1.82) is 0 Å². The zero-order chi connectivity index (χ0) is 19.4. The molecule has 150 valence electrons. The molecule has 1 amide bonds. The van der Waals surface area contributed by atoms with Crippen molar-refractivity contribution in [1.82, 2.24) is 10.2 Å². The lowest BCUT2D eigenvalue weighted by Crippen LogP contribution is -2.35. The fourth-order valence-electron chi connectivity index (χ4n) is 2.90. The van der Waals surface area contributed by atoms with E-state index in [0.717, 1.165) is 17.8 Å². The number of rotatable bonds is 6. The lowest BCUT2D eigenvalue weighted by atomic mass is 10.1. The van der Waals surface area contributed by atoms with Gasteiger partial charge in [-0.05, 0) is 30.3 Å². The molecule has 0 unspecified atom stereocenters. The summed E-state index contributed by atoms with van der Waals surface area (Å²) in [6, 6.07) is 14.2. The molecule has 0 saturated carbocycles. The molecule has 0 atom stereocenters. The van der Waals surface area contributed by atoms with Gasteiger partial charge < -0.3 is 15.5 Å². The number of carbonyl (C=O) groups excluding carboxylic acids is 1. The van der Waals surface area contributed by atoms with Crippen LogP contribution in [-0.4, -0.2) is 45.2 Å². The number of benzene rings is 2. The van der Waals surface area contributed by atoms with Crippen LogP contribution in [0, 0.1) is 0 Å². The molecule has 2 N–H and O–H groups in total. The first-order valence-corrected chi connectivity index (χ1v) is 10.1. The quantitative estimate of drug-likeness (QED) is 0.745. The molecule has 0 radical (unpaired) electrons. The number of para-hydroxylation sites is 1. The van der Waals surface area contributed by atoms with Crippen molar-refractivity contribution in [3.63, 3.8) is 0 Å². The first-order chi connectivity index (χ1) is 12.9. The van der Waals surface area contributed by atoms with Gasteiger partial charge in [-0.3, -0.25) is 4.79 Å². The van der Waals surface area contributed by atoms with E-state index in [1.54, 1.807) is 30.1 Å². The summed E-state index contributed by atoms with van der Waals surface area (Å²) in [5.41, 5.74) is 2.24. The summed E-state index contributed by atoms with van der Waals surface area (Å²) in [4.78, 5) is 14.2. The van der Waals surface area contributed by atoms with Crippen LogP contribution in [0.5, 0.6) is 0 Å². The Hall–Kier alpha value is -2.42. The van der Waals surface area contributed by atoms with Gasteiger partial charge in [-0.15, -0.1) is 16.8 Å². The van der Waals surface area contributed by atoms with E-state index in [9.17, 15) is 13.2 Å². The maximum atomic E-state index is 12.5. The SMILES string of the molecule is CCNCc1ccccc1NC(=O)CN(C)C1=NS(=O)(=O)c2ccccc21.Cl. The standard InChI is InChI=1S/C19H22N4O3S.ClH/c1-3-20-12-14-8-4-6-10-16(14)21-18(24)13-23(2)19-15-9-5-7-11-17(15)27(25,26)22-19;/h4-11,20H,3,12-13H2,1-2H3,(H,21,24);1H. The molecule has 0 fully saturated rings. The summed E-state index contributed by atoms with van der Waals surface area (Å²) >= 11 is 0. The average molecular weight is 423 g/mol. The van der Waals surface area contributed by atoms with Crippen LogP contribution in [0.15, 0.2) is 57.8 Å². The van der Waals surface area contributed by atoms with Crippen molar-refractivity contribution in [2.75, 3.05) is 25.5 Å². The number of hydrogen-bond donors (Lipinski definition) is 2. The summed E-state index contributed by atoms with van der Waals surface area (Å²) in [7, 11) is -2.05. The summed E-state index contributed by atoms with van der Waals surface area (Å²) < 4.78 is 28.2. The molecule has 2 aromatic carbocycles. The molecule has 1 aliphatic rings. The van der Waals surface area contributed by atoms with Gasteiger partial charge in [0, 0.05) is 24.8 Å². The Balaban J connectivity index is 0.00000280. The number of amidine groups is 1. The number of amides is 1. The van der Waals surface area contributed by atoms with Gasteiger partial charge in [0.05, 0.1) is 6.54 Å². The molecule has 1 aliphatic heterocycles. The van der Waals surface area contributed by atoms with Crippen LogP contribution in [0.2, 0.25) is 0 Å². The monoisotopic (exact) mass is 422 g/mol.